The van der Waals surface area contributed by atoms with Crippen molar-refractivity contribution in [1.82, 2.24) is 19.6 Å². The fraction of sp³-hybridized carbons (Fsp3) is 0.0667. The molecule has 0 unspecified atom stereocenters. The summed E-state index contributed by atoms with van der Waals surface area (Å²) < 4.78 is 9.88. The Morgan fingerprint density at radius 1 is 1.13 bits per heavy atom. The van der Waals surface area contributed by atoms with E-state index in [2.05, 4.69) is 19.6 Å². The van der Waals surface area contributed by atoms with Crippen LogP contribution in [0.1, 0.15) is 5.69 Å². The number of aromatic nitrogens is 4. The molecule has 0 aliphatic rings. The Labute approximate surface area is 144 Å². The molecule has 3 aromatic heterocycles. The maximum atomic E-state index is 6.07. The molecule has 0 bridgehead atoms. The van der Waals surface area contributed by atoms with Gasteiger partial charge < -0.3 is 4.42 Å². The summed E-state index contributed by atoms with van der Waals surface area (Å²) in [7, 11) is 0. The van der Waals surface area contributed by atoms with Crippen LogP contribution in [-0.2, 0) is 5.75 Å². The zero-order valence-corrected chi connectivity index (χ0v) is 14.0. The van der Waals surface area contributed by atoms with E-state index in [1.54, 1.807) is 18.0 Å². The Balaban J connectivity index is 1.76. The molecule has 0 spiro atoms. The van der Waals surface area contributed by atoms with Gasteiger partial charge in [-0.15, -0.1) is 5.10 Å². The number of hydrogen-bond acceptors (Lipinski definition) is 7. The first-order valence-corrected chi connectivity index (χ1v) is 8.85. The largest absolute Gasteiger partial charge is 0.461 e. The van der Waals surface area contributed by atoms with Crippen molar-refractivity contribution in [3.8, 4) is 11.6 Å². The summed E-state index contributed by atoms with van der Waals surface area (Å²) in [4.78, 5) is 9.21. The van der Waals surface area contributed by atoms with Crippen LogP contribution in [0.15, 0.2) is 52.1 Å². The summed E-state index contributed by atoms with van der Waals surface area (Å²) >= 11 is 8.82. The number of fused-ring (bicyclic) bond motifs is 1. The van der Waals surface area contributed by atoms with Crippen LogP contribution < -0.4 is 0 Å². The zero-order valence-electron chi connectivity index (χ0n) is 11.6. The molecule has 23 heavy (non-hydrogen) atoms. The molecule has 0 fully saturated rings. The molecule has 0 radical (unpaired) electrons. The van der Waals surface area contributed by atoms with Crippen LogP contribution in [-0.4, -0.2) is 19.6 Å². The standard InChI is InChI=1S/C15H9ClN4OS2/c16-13-11(19-20-23-13)8-22-15-9-4-1-2-5-10(9)17-14(18-15)12-6-3-7-21-12/h1-7H,8H2. The number of thioether (sulfide) groups is 1. The highest BCUT2D eigenvalue weighted by molar-refractivity contribution is 7.98. The summed E-state index contributed by atoms with van der Waals surface area (Å²) in [5.74, 6) is 1.82. The van der Waals surface area contributed by atoms with Gasteiger partial charge in [-0.3, -0.25) is 0 Å². The van der Waals surface area contributed by atoms with Crippen LogP contribution in [0.5, 0.6) is 0 Å². The Bertz CT molecular complexity index is 955. The number of para-hydroxylation sites is 1. The smallest absolute Gasteiger partial charge is 0.197 e. The quantitative estimate of drug-likeness (QED) is 0.388. The molecule has 0 amide bonds. The van der Waals surface area contributed by atoms with Crippen molar-refractivity contribution in [3.63, 3.8) is 0 Å². The van der Waals surface area contributed by atoms with Crippen molar-refractivity contribution in [2.75, 3.05) is 0 Å². The molecule has 0 atom stereocenters. The van der Waals surface area contributed by atoms with Gasteiger partial charge in [0.1, 0.15) is 15.1 Å². The first-order valence-electron chi connectivity index (χ1n) is 6.71. The van der Waals surface area contributed by atoms with E-state index in [4.69, 9.17) is 16.0 Å². The van der Waals surface area contributed by atoms with Crippen LogP contribution in [0.4, 0.5) is 0 Å². The molecule has 114 valence electrons. The lowest BCUT2D eigenvalue weighted by Crippen LogP contribution is -1.93. The topological polar surface area (TPSA) is 64.7 Å². The predicted molar refractivity (Wildman–Crippen MR) is 91.7 cm³/mol. The summed E-state index contributed by atoms with van der Waals surface area (Å²) in [6, 6.07) is 11.6. The van der Waals surface area contributed by atoms with Crippen LogP contribution >= 0.6 is 34.9 Å². The van der Waals surface area contributed by atoms with E-state index in [0.717, 1.165) is 21.6 Å². The van der Waals surface area contributed by atoms with Crippen molar-refractivity contribution in [2.45, 2.75) is 10.8 Å². The minimum absolute atomic E-state index is 0.568. The van der Waals surface area contributed by atoms with Gasteiger partial charge in [-0.25, -0.2) is 9.97 Å². The maximum absolute atomic E-state index is 6.07. The van der Waals surface area contributed by atoms with Crippen LogP contribution in [0.3, 0.4) is 0 Å². The minimum Gasteiger partial charge on any atom is -0.461 e. The van der Waals surface area contributed by atoms with Gasteiger partial charge in [-0.1, -0.05) is 46.1 Å². The number of nitrogens with zero attached hydrogens (tertiary/aromatic N) is 4. The Hall–Kier alpha value is -1.96. The van der Waals surface area contributed by atoms with Crippen LogP contribution in [0.25, 0.3) is 22.5 Å². The number of furan rings is 1. The van der Waals surface area contributed by atoms with Gasteiger partial charge in [0.05, 0.1) is 11.8 Å². The Morgan fingerprint density at radius 2 is 2.04 bits per heavy atom. The second kappa shape index (κ2) is 6.27. The Morgan fingerprint density at radius 3 is 2.83 bits per heavy atom. The molecule has 1 aromatic carbocycles. The molecule has 4 aromatic rings. The van der Waals surface area contributed by atoms with E-state index in [-0.39, 0.29) is 0 Å². The molecule has 0 N–H and O–H groups in total. The van der Waals surface area contributed by atoms with Gasteiger partial charge in [-0.2, -0.15) is 0 Å². The van der Waals surface area contributed by atoms with E-state index in [1.165, 1.54) is 11.5 Å². The monoisotopic (exact) mass is 360 g/mol. The highest BCUT2D eigenvalue weighted by atomic mass is 35.5. The fourth-order valence-electron chi connectivity index (χ4n) is 2.09. The molecule has 0 aliphatic carbocycles. The van der Waals surface area contributed by atoms with Gasteiger partial charge in [0.25, 0.3) is 0 Å². The first kappa shape index (κ1) is 14.6. The predicted octanol–water partition coefficient (Wildman–Crippen LogP) is 4.69. The SMILES string of the molecule is Clc1snnc1CSc1nc(-c2ccco2)nc2ccccc12. The fourth-order valence-corrected chi connectivity index (χ4v) is 3.85. The molecule has 5 nitrogen and oxygen atoms in total. The van der Waals surface area contributed by atoms with Crippen molar-refractivity contribution in [2.24, 2.45) is 0 Å². The highest BCUT2D eigenvalue weighted by Crippen LogP contribution is 2.32. The Kier molecular flexibility index (Phi) is 3.99. The third kappa shape index (κ3) is 2.95. The van der Waals surface area contributed by atoms with Crippen molar-refractivity contribution >= 4 is 45.8 Å². The third-order valence-electron chi connectivity index (χ3n) is 3.16. The van der Waals surface area contributed by atoms with Gasteiger partial charge in [-0.05, 0) is 18.2 Å². The third-order valence-corrected chi connectivity index (χ3v) is 5.15. The van der Waals surface area contributed by atoms with E-state index >= 15 is 0 Å². The summed E-state index contributed by atoms with van der Waals surface area (Å²) in [6.45, 7) is 0. The summed E-state index contributed by atoms with van der Waals surface area (Å²) in [5, 5.41) is 5.90. The minimum atomic E-state index is 0.568. The van der Waals surface area contributed by atoms with Crippen molar-refractivity contribution in [3.05, 3.63) is 52.7 Å². The van der Waals surface area contributed by atoms with E-state index in [9.17, 15) is 0 Å². The van der Waals surface area contributed by atoms with E-state index in [0.29, 0.717) is 21.7 Å². The van der Waals surface area contributed by atoms with Gasteiger partial charge in [0.2, 0.25) is 0 Å². The van der Waals surface area contributed by atoms with Gasteiger partial charge >= 0.3 is 0 Å². The van der Waals surface area contributed by atoms with Gasteiger partial charge in [0, 0.05) is 22.7 Å². The molecule has 0 saturated heterocycles. The second-order valence-electron chi connectivity index (χ2n) is 4.63. The average Bonchev–Trinajstić information content (AvgIpc) is 3.24. The lowest BCUT2D eigenvalue weighted by molar-refractivity contribution is 0.577. The normalized spacial score (nSPS) is 11.2. The molecule has 8 heteroatoms. The zero-order chi connectivity index (χ0) is 15.6. The second-order valence-corrected chi connectivity index (χ2v) is 6.95. The molecule has 4 rings (SSSR count). The molecular weight excluding hydrogens is 352 g/mol. The molecular formula is C15H9ClN4OS2. The molecule has 0 saturated carbocycles. The van der Waals surface area contributed by atoms with E-state index < -0.39 is 0 Å². The molecule has 0 aliphatic heterocycles. The number of halogens is 1. The lowest BCUT2D eigenvalue weighted by atomic mass is 10.2. The first-order chi connectivity index (χ1) is 11.3. The van der Waals surface area contributed by atoms with Crippen molar-refractivity contribution < 1.29 is 4.42 Å². The van der Waals surface area contributed by atoms with Gasteiger partial charge in [0.15, 0.2) is 11.6 Å². The van der Waals surface area contributed by atoms with Crippen LogP contribution in [0, 0.1) is 0 Å². The highest BCUT2D eigenvalue weighted by Gasteiger charge is 2.13. The lowest BCUT2D eigenvalue weighted by Gasteiger charge is -2.06. The number of rotatable bonds is 4. The summed E-state index contributed by atoms with van der Waals surface area (Å²) in [6.07, 6.45) is 1.61. The van der Waals surface area contributed by atoms with Crippen molar-refractivity contribution in [1.29, 1.82) is 0 Å². The maximum Gasteiger partial charge on any atom is 0.197 e. The van der Waals surface area contributed by atoms with Crippen LogP contribution in [0.2, 0.25) is 4.34 Å². The number of hydrogen-bond donors (Lipinski definition) is 0. The van der Waals surface area contributed by atoms with E-state index in [1.807, 2.05) is 36.4 Å². The average molecular weight is 361 g/mol. The molecule has 3 heterocycles. The number of benzene rings is 1. The summed E-state index contributed by atoms with van der Waals surface area (Å²) in [5.41, 5.74) is 1.64.